The predicted molar refractivity (Wildman–Crippen MR) is 101 cm³/mol. The Morgan fingerprint density at radius 3 is 2.46 bits per heavy atom. The Kier molecular flexibility index (Phi) is 5.81. The fourth-order valence-corrected chi connectivity index (χ4v) is 4.38. The van der Waals surface area contributed by atoms with E-state index in [1.807, 2.05) is 30.0 Å². The van der Waals surface area contributed by atoms with Gasteiger partial charge in [0, 0.05) is 36.3 Å². The highest BCUT2D eigenvalue weighted by atomic mass is 16.4. The molecule has 3 rings (SSSR count). The molecule has 0 aromatic heterocycles. The van der Waals surface area contributed by atoms with E-state index in [0.29, 0.717) is 12.5 Å². The molecule has 0 unspecified atom stereocenters. The lowest BCUT2D eigenvalue weighted by Crippen LogP contribution is -2.48. The van der Waals surface area contributed by atoms with Crippen molar-refractivity contribution in [3.63, 3.8) is 0 Å². The number of hydrogen-bond donors (Lipinski definition) is 3. The molecule has 1 fully saturated rings. The van der Waals surface area contributed by atoms with Crippen LogP contribution in [0.5, 0.6) is 0 Å². The molecule has 26 heavy (non-hydrogen) atoms. The third kappa shape index (κ3) is 4.01. The van der Waals surface area contributed by atoms with Crippen LogP contribution in [0.3, 0.4) is 0 Å². The largest absolute Gasteiger partial charge is 0.465 e. The van der Waals surface area contributed by atoms with Crippen LogP contribution in [0.15, 0.2) is 24.3 Å². The molecule has 1 aromatic rings. The first-order valence-electron chi connectivity index (χ1n) is 9.66. The zero-order valence-corrected chi connectivity index (χ0v) is 15.6. The quantitative estimate of drug-likeness (QED) is 0.769. The summed E-state index contributed by atoms with van der Waals surface area (Å²) in [6.45, 7) is 4.03. The summed E-state index contributed by atoms with van der Waals surface area (Å²) in [6, 6.07) is 9.04. The van der Waals surface area contributed by atoms with Crippen molar-refractivity contribution in [3.8, 4) is 0 Å². The minimum Gasteiger partial charge on any atom is -0.465 e. The Morgan fingerprint density at radius 1 is 1.15 bits per heavy atom. The van der Waals surface area contributed by atoms with Crippen LogP contribution in [0.2, 0.25) is 0 Å². The van der Waals surface area contributed by atoms with Gasteiger partial charge in [0.05, 0.1) is 0 Å². The van der Waals surface area contributed by atoms with Crippen molar-refractivity contribution in [3.05, 3.63) is 29.8 Å². The summed E-state index contributed by atoms with van der Waals surface area (Å²) in [4.78, 5) is 25.1. The van der Waals surface area contributed by atoms with E-state index in [1.165, 1.54) is 5.56 Å². The number of carboxylic acid groups (broad SMARTS) is 1. The van der Waals surface area contributed by atoms with Crippen molar-refractivity contribution in [2.24, 2.45) is 0 Å². The number of rotatable bonds is 4. The molecule has 142 valence electrons. The lowest BCUT2D eigenvalue weighted by Gasteiger charge is -2.41. The van der Waals surface area contributed by atoms with Gasteiger partial charge in [0.15, 0.2) is 0 Å². The average molecular weight is 359 g/mol. The second-order valence-corrected chi connectivity index (χ2v) is 7.48. The van der Waals surface area contributed by atoms with Crippen molar-refractivity contribution in [2.45, 2.75) is 76.5 Å². The van der Waals surface area contributed by atoms with Crippen molar-refractivity contribution in [1.29, 1.82) is 0 Å². The molecule has 2 amide bonds. The monoisotopic (exact) mass is 359 g/mol. The number of benzene rings is 1. The highest BCUT2D eigenvalue weighted by molar-refractivity contribution is 5.95. The molecule has 0 spiro atoms. The summed E-state index contributed by atoms with van der Waals surface area (Å²) >= 11 is 0. The molecule has 1 aliphatic carbocycles. The molecule has 2 aliphatic rings. The van der Waals surface area contributed by atoms with Gasteiger partial charge in [-0.25, -0.2) is 4.79 Å². The fourth-order valence-electron chi connectivity index (χ4n) is 4.38. The second-order valence-electron chi connectivity index (χ2n) is 7.48. The lowest BCUT2D eigenvalue weighted by atomic mass is 9.87. The Balaban J connectivity index is 1.69. The number of nitrogens with zero attached hydrogens (tertiary/aromatic N) is 1. The molecule has 6 heteroatoms. The minimum absolute atomic E-state index is 0.0702. The van der Waals surface area contributed by atoms with E-state index >= 15 is 0 Å². The number of nitrogens with one attached hydrogen (secondary N) is 2. The smallest absolute Gasteiger partial charge is 0.404 e. The molecule has 6 nitrogen and oxygen atoms in total. The SMILES string of the molecule is CCC(=O)N1c2ccccc2[C@H](NC2CCC(NC(=O)O)CC2)C[C@@H]1C. The maximum absolute atomic E-state index is 12.4. The first-order valence-corrected chi connectivity index (χ1v) is 9.66. The van der Waals surface area contributed by atoms with Gasteiger partial charge >= 0.3 is 6.09 Å². The van der Waals surface area contributed by atoms with Gasteiger partial charge in [-0.1, -0.05) is 25.1 Å². The van der Waals surface area contributed by atoms with Gasteiger partial charge in [0.25, 0.3) is 0 Å². The van der Waals surface area contributed by atoms with E-state index in [-0.39, 0.29) is 24.0 Å². The molecule has 1 aromatic carbocycles. The van der Waals surface area contributed by atoms with Gasteiger partial charge in [-0.3, -0.25) is 4.79 Å². The number of amides is 2. The maximum atomic E-state index is 12.4. The summed E-state index contributed by atoms with van der Waals surface area (Å²) in [5.41, 5.74) is 2.22. The van der Waals surface area contributed by atoms with E-state index in [4.69, 9.17) is 5.11 Å². The molecule has 0 radical (unpaired) electrons. The third-order valence-corrected chi connectivity index (χ3v) is 5.65. The van der Waals surface area contributed by atoms with Gasteiger partial charge < -0.3 is 20.6 Å². The van der Waals surface area contributed by atoms with E-state index in [2.05, 4.69) is 23.6 Å². The molecule has 2 atom stereocenters. The molecular weight excluding hydrogens is 330 g/mol. The number of para-hydroxylation sites is 1. The van der Waals surface area contributed by atoms with Crippen LogP contribution < -0.4 is 15.5 Å². The molecule has 1 saturated carbocycles. The summed E-state index contributed by atoms with van der Waals surface area (Å²) < 4.78 is 0. The lowest BCUT2D eigenvalue weighted by molar-refractivity contribution is -0.118. The normalized spacial score (nSPS) is 28.3. The van der Waals surface area contributed by atoms with Crippen LogP contribution in [0.1, 0.15) is 64.0 Å². The number of fused-ring (bicyclic) bond motifs is 1. The molecule has 0 saturated heterocycles. The first-order chi connectivity index (χ1) is 12.5. The third-order valence-electron chi connectivity index (χ3n) is 5.65. The zero-order chi connectivity index (χ0) is 18.7. The van der Waals surface area contributed by atoms with Crippen molar-refractivity contribution < 1.29 is 14.7 Å². The van der Waals surface area contributed by atoms with Gasteiger partial charge in [-0.15, -0.1) is 0 Å². The van der Waals surface area contributed by atoms with Gasteiger partial charge in [0.1, 0.15) is 0 Å². The Morgan fingerprint density at radius 2 is 1.81 bits per heavy atom. The molecule has 3 N–H and O–H groups in total. The maximum Gasteiger partial charge on any atom is 0.404 e. The summed E-state index contributed by atoms with van der Waals surface area (Å²) in [6.07, 6.45) is 4.15. The number of carbonyl (C=O) groups excluding carboxylic acids is 1. The molecular formula is C20H29N3O3. The number of carbonyl (C=O) groups is 2. The van der Waals surface area contributed by atoms with Crippen LogP contribution in [-0.2, 0) is 4.79 Å². The standard InChI is InChI=1S/C20H29N3O3/c1-3-19(24)23-13(2)12-17(16-6-4-5-7-18(16)23)21-14-8-10-15(11-9-14)22-20(25)26/h4-7,13-15,17,21-22H,3,8-12H2,1-2H3,(H,25,26)/t13-,14?,15?,17+/m0/s1. The van der Waals surface area contributed by atoms with Crippen LogP contribution >= 0.6 is 0 Å². The van der Waals surface area contributed by atoms with Crippen LogP contribution in [0.4, 0.5) is 10.5 Å². The van der Waals surface area contributed by atoms with Crippen LogP contribution in [-0.4, -0.2) is 35.2 Å². The van der Waals surface area contributed by atoms with Gasteiger partial charge in [0.2, 0.25) is 5.91 Å². The molecule has 1 heterocycles. The Bertz CT molecular complexity index is 655. The molecule has 1 aliphatic heterocycles. The van der Waals surface area contributed by atoms with Crippen LogP contribution in [0, 0.1) is 0 Å². The molecule has 0 bridgehead atoms. The number of hydrogen-bond acceptors (Lipinski definition) is 3. The summed E-state index contributed by atoms with van der Waals surface area (Å²) in [5, 5.41) is 15.2. The van der Waals surface area contributed by atoms with Crippen molar-refractivity contribution in [1.82, 2.24) is 10.6 Å². The van der Waals surface area contributed by atoms with E-state index in [9.17, 15) is 9.59 Å². The second kappa shape index (κ2) is 8.08. The summed E-state index contributed by atoms with van der Waals surface area (Å²) in [5.74, 6) is 0.170. The fraction of sp³-hybridized carbons (Fsp3) is 0.600. The Hall–Kier alpha value is -2.08. The predicted octanol–water partition coefficient (Wildman–Crippen LogP) is 3.43. The van der Waals surface area contributed by atoms with Gasteiger partial charge in [-0.05, 0) is 50.7 Å². The van der Waals surface area contributed by atoms with E-state index in [1.54, 1.807) is 0 Å². The van der Waals surface area contributed by atoms with E-state index in [0.717, 1.165) is 37.8 Å². The highest BCUT2D eigenvalue weighted by Crippen LogP contribution is 2.38. The van der Waals surface area contributed by atoms with E-state index < -0.39 is 6.09 Å². The summed E-state index contributed by atoms with van der Waals surface area (Å²) in [7, 11) is 0. The first kappa shape index (κ1) is 18.7. The average Bonchev–Trinajstić information content (AvgIpc) is 2.62. The number of anilines is 1. The van der Waals surface area contributed by atoms with Gasteiger partial charge in [-0.2, -0.15) is 0 Å². The Labute approximate surface area is 155 Å². The highest BCUT2D eigenvalue weighted by Gasteiger charge is 2.34. The minimum atomic E-state index is -0.933. The van der Waals surface area contributed by atoms with Crippen molar-refractivity contribution in [2.75, 3.05) is 4.90 Å². The van der Waals surface area contributed by atoms with Crippen LogP contribution in [0.25, 0.3) is 0 Å². The zero-order valence-electron chi connectivity index (χ0n) is 15.6. The topological polar surface area (TPSA) is 81.7 Å². The van der Waals surface area contributed by atoms with Crippen molar-refractivity contribution >= 4 is 17.7 Å².